The van der Waals surface area contributed by atoms with Gasteiger partial charge in [-0.05, 0) is 42.7 Å². The number of carbonyl (C=O) groups is 3. The van der Waals surface area contributed by atoms with Crippen LogP contribution in [0.25, 0.3) is 16.8 Å². The van der Waals surface area contributed by atoms with E-state index < -0.39 is 58.6 Å². The normalized spacial score (nSPS) is 14.6. The van der Waals surface area contributed by atoms with E-state index in [2.05, 4.69) is 15.6 Å². The molecule has 3 aromatic carbocycles. The molecule has 1 fully saturated rings. The van der Waals surface area contributed by atoms with Crippen molar-refractivity contribution in [2.45, 2.75) is 38.6 Å². The number of halogens is 3. The van der Waals surface area contributed by atoms with E-state index in [-0.39, 0.29) is 48.9 Å². The second-order valence-corrected chi connectivity index (χ2v) is 11.9. The molecule has 2 atom stereocenters. The molecular formula is C37H32F3N5O6. The Morgan fingerprint density at radius 2 is 1.55 bits per heavy atom. The lowest BCUT2D eigenvalue weighted by molar-refractivity contribution is -0.123. The summed E-state index contributed by atoms with van der Waals surface area (Å²) >= 11 is 0. The van der Waals surface area contributed by atoms with Gasteiger partial charge in [-0.1, -0.05) is 60.7 Å². The number of anilines is 1. The van der Waals surface area contributed by atoms with E-state index in [0.29, 0.717) is 18.1 Å². The van der Waals surface area contributed by atoms with Crippen molar-refractivity contribution in [3.05, 3.63) is 136 Å². The summed E-state index contributed by atoms with van der Waals surface area (Å²) in [7, 11) is 0. The Balaban J connectivity index is 1.21. The molecule has 1 unspecified atom stereocenters. The molecule has 1 aliphatic heterocycles. The molecule has 0 radical (unpaired) electrons. The van der Waals surface area contributed by atoms with E-state index in [9.17, 15) is 23.6 Å². The third-order valence-electron chi connectivity index (χ3n) is 8.30. The van der Waals surface area contributed by atoms with Crippen molar-refractivity contribution in [2.75, 3.05) is 18.0 Å². The number of benzene rings is 3. The van der Waals surface area contributed by atoms with Crippen LogP contribution in [0, 0.1) is 17.5 Å². The Morgan fingerprint density at radius 1 is 0.882 bits per heavy atom. The highest BCUT2D eigenvalue weighted by atomic mass is 19.1. The van der Waals surface area contributed by atoms with Crippen molar-refractivity contribution in [3.63, 3.8) is 0 Å². The van der Waals surface area contributed by atoms with Crippen LogP contribution in [-0.2, 0) is 27.5 Å². The van der Waals surface area contributed by atoms with Crippen molar-refractivity contribution >= 4 is 29.4 Å². The minimum absolute atomic E-state index is 0.0320. The van der Waals surface area contributed by atoms with Gasteiger partial charge in [0.15, 0.2) is 11.6 Å². The fraction of sp³-hybridized carbons (Fsp3) is 0.216. The number of hydrogen-bond acceptors (Lipinski definition) is 8. The maximum Gasteiger partial charge on any atom is 0.408 e. The predicted octanol–water partition coefficient (Wildman–Crippen LogP) is 5.15. The molecular weight excluding hydrogens is 667 g/mol. The van der Waals surface area contributed by atoms with Gasteiger partial charge in [0.05, 0.1) is 6.20 Å². The van der Waals surface area contributed by atoms with Crippen LogP contribution in [0.15, 0.2) is 95.9 Å². The number of ether oxygens (including phenoxy) is 2. The van der Waals surface area contributed by atoms with Gasteiger partial charge in [0.1, 0.15) is 42.1 Å². The molecule has 14 heteroatoms. The number of aromatic nitrogens is 2. The van der Waals surface area contributed by atoms with E-state index in [4.69, 9.17) is 9.47 Å². The molecule has 0 bridgehead atoms. The van der Waals surface area contributed by atoms with E-state index in [1.54, 1.807) is 47.4 Å². The monoisotopic (exact) mass is 699 g/mol. The summed E-state index contributed by atoms with van der Waals surface area (Å²) < 4.78 is 56.1. The third-order valence-corrected chi connectivity index (χ3v) is 8.30. The van der Waals surface area contributed by atoms with Gasteiger partial charge in [0.2, 0.25) is 5.91 Å². The molecule has 2 aromatic heterocycles. The van der Waals surface area contributed by atoms with Gasteiger partial charge < -0.3 is 25.0 Å². The van der Waals surface area contributed by atoms with Gasteiger partial charge in [-0.3, -0.25) is 14.0 Å². The molecule has 1 aliphatic rings. The minimum Gasteiger partial charge on any atom is -0.457 e. The number of amides is 2. The number of carbonyl (C=O) groups excluding carboxylic acids is 3. The molecule has 0 aliphatic carbocycles. The highest BCUT2D eigenvalue weighted by Gasteiger charge is 2.30. The second-order valence-electron chi connectivity index (χ2n) is 11.9. The first-order valence-corrected chi connectivity index (χ1v) is 16.0. The van der Waals surface area contributed by atoms with Crippen LogP contribution in [0.5, 0.6) is 0 Å². The summed E-state index contributed by atoms with van der Waals surface area (Å²) in [5.74, 6) is -4.48. The van der Waals surface area contributed by atoms with Crippen LogP contribution in [0.1, 0.15) is 34.8 Å². The highest BCUT2D eigenvalue weighted by Crippen LogP contribution is 2.30. The number of hydrogen-bond donors (Lipinski definition) is 2. The number of nitrogens with one attached hydrogen (secondary N) is 2. The van der Waals surface area contributed by atoms with E-state index in [0.717, 1.165) is 34.4 Å². The maximum atomic E-state index is 15.7. The standard InChI is InChI=1S/C37H32F3N5O6/c1-22(41-37(49)51-21-24-10-6-3-7-11-24)34(46)42-26-14-15-44(18-26)33-31(40)19-45-32(43-33)28(27-13-12-25(38)16-30(27)39)17-29(35(45)47)36(48)50-20-23-8-4-2-5-9-23/h2-13,16-17,19,22,26H,14-15,18,20-21H2,1H3,(H,41,49)(H,42,46)/t22-,26?/m0/s1. The molecule has 2 amide bonds. The van der Waals surface area contributed by atoms with Gasteiger partial charge >= 0.3 is 12.1 Å². The lowest BCUT2D eigenvalue weighted by atomic mass is 10.0. The lowest BCUT2D eigenvalue weighted by Crippen LogP contribution is -2.48. The fourth-order valence-corrected chi connectivity index (χ4v) is 5.66. The highest BCUT2D eigenvalue weighted by molar-refractivity contribution is 5.93. The first-order valence-electron chi connectivity index (χ1n) is 16.0. The number of fused-ring (bicyclic) bond motifs is 1. The van der Waals surface area contributed by atoms with Crippen LogP contribution < -0.4 is 21.1 Å². The number of pyridine rings is 1. The topological polar surface area (TPSA) is 131 Å². The van der Waals surface area contributed by atoms with Crippen molar-refractivity contribution in [1.29, 1.82) is 0 Å². The van der Waals surface area contributed by atoms with Gasteiger partial charge in [-0.2, -0.15) is 0 Å². The van der Waals surface area contributed by atoms with Crippen LogP contribution in [0.2, 0.25) is 0 Å². The molecule has 5 aromatic rings. The van der Waals surface area contributed by atoms with Crippen LogP contribution >= 0.6 is 0 Å². The third kappa shape index (κ3) is 8.01. The zero-order valence-corrected chi connectivity index (χ0v) is 27.3. The molecule has 0 spiro atoms. The smallest absolute Gasteiger partial charge is 0.408 e. The van der Waals surface area contributed by atoms with Gasteiger partial charge in [0, 0.05) is 36.3 Å². The Morgan fingerprint density at radius 3 is 2.22 bits per heavy atom. The molecule has 1 saturated heterocycles. The van der Waals surface area contributed by atoms with Gasteiger partial charge in [-0.25, -0.2) is 27.7 Å². The minimum atomic E-state index is -1.03. The quantitative estimate of drug-likeness (QED) is 0.192. The zero-order valence-electron chi connectivity index (χ0n) is 27.3. The van der Waals surface area contributed by atoms with E-state index >= 15 is 8.78 Å². The van der Waals surface area contributed by atoms with Crippen molar-refractivity contribution in [1.82, 2.24) is 20.0 Å². The zero-order chi connectivity index (χ0) is 36.1. The average molecular weight is 700 g/mol. The summed E-state index contributed by atoms with van der Waals surface area (Å²) in [6.45, 7) is 1.74. The molecule has 3 heterocycles. The Labute approximate surface area is 289 Å². The summed E-state index contributed by atoms with van der Waals surface area (Å²) in [5.41, 5.74) is -0.488. The Kier molecular flexibility index (Phi) is 10.3. The fourth-order valence-electron chi connectivity index (χ4n) is 5.66. The molecule has 0 saturated carbocycles. The molecule has 2 N–H and O–H groups in total. The summed E-state index contributed by atoms with van der Waals surface area (Å²) in [6, 6.07) is 20.2. The number of alkyl carbamates (subject to hydrolysis) is 1. The molecule has 262 valence electrons. The predicted molar refractivity (Wildman–Crippen MR) is 180 cm³/mol. The van der Waals surface area contributed by atoms with E-state index in [1.165, 1.54) is 6.92 Å². The van der Waals surface area contributed by atoms with Crippen LogP contribution in [0.4, 0.5) is 23.8 Å². The van der Waals surface area contributed by atoms with E-state index in [1.807, 2.05) is 18.2 Å². The SMILES string of the molecule is C[C@H](NC(=O)OCc1ccccc1)C(=O)NC1CCN(c2nc3c(-c4ccc(F)cc4F)cc(C(=O)OCc4ccccc4)c(=O)n3cc2F)C1. The largest absolute Gasteiger partial charge is 0.457 e. The molecule has 51 heavy (non-hydrogen) atoms. The van der Waals surface area contributed by atoms with Crippen molar-refractivity contribution < 1.29 is 37.0 Å². The number of rotatable bonds is 10. The summed E-state index contributed by atoms with van der Waals surface area (Å²) in [6.07, 6.45) is 0.465. The van der Waals surface area contributed by atoms with Crippen molar-refractivity contribution in [2.24, 2.45) is 0 Å². The lowest BCUT2D eigenvalue weighted by Gasteiger charge is -2.21. The Bertz CT molecular complexity index is 2150. The maximum absolute atomic E-state index is 15.7. The van der Waals surface area contributed by atoms with Crippen LogP contribution in [0.3, 0.4) is 0 Å². The van der Waals surface area contributed by atoms with Gasteiger partial charge in [-0.15, -0.1) is 0 Å². The second kappa shape index (κ2) is 15.2. The first kappa shape index (κ1) is 34.7. The first-order chi connectivity index (χ1) is 24.6. The summed E-state index contributed by atoms with van der Waals surface area (Å²) in [5, 5.41) is 5.31. The number of nitrogens with zero attached hydrogens (tertiary/aromatic N) is 3. The Hall–Kier alpha value is -6.18. The van der Waals surface area contributed by atoms with Crippen LogP contribution in [-0.4, -0.2) is 52.5 Å². The summed E-state index contributed by atoms with van der Waals surface area (Å²) in [4.78, 5) is 57.7. The molecule has 6 rings (SSSR count). The van der Waals surface area contributed by atoms with Crippen molar-refractivity contribution in [3.8, 4) is 11.1 Å². The average Bonchev–Trinajstić information content (AvgIpc) is 3.59. The number of esters is 1. The molecule has 11 nitrogen and oxygen atoms in total. The van der Waals surface area contributed by atoms with Gasteiger partial charge in [0.25, 0.3) is 5.56 Å².